The summed E-state index contributed by atoms with van der Waals surface area (Å²) in [6.07, 6.45) is 2.14. The number of carbonyl (C=O) groups excluding carboxylic acids is 1. The first-order chi connectivity index (χ1) is 11.0. The summed E-state index contributed by atoms with van der Waals surface area (Å²) < 4.78 is 0. The van der Waals surface area contributed by atoms with E-state index in [-0.39, 0.29) is 11.9 Å². The molecule has 0 aliphatic heterocycles. The van der Waals surface area contributed by atoms with E-state index in [9.17, 15) is 4.79 Å². The van der Waals surface area contributed by atoms with Crippen molar-refractivity contribution < 1.29 is 4.79 Å². The van der Waals surface area contributed by atoms with Crippen LogP contribution in [-0.4, -0.2) is 23.4 Å². The highest BCUT2D eigenvalue weighted by Gasteiger charge is 2.18. The van der Waals surface area contributed by atoms with Gasteiger partial charge in [-0.15, -0.1) is 0 Å². The summed E-state index contributed by atoms with van der Waals surface area (Å²) in [5.74, 6) is 0.0841. The van der Waals surface area contributed by atoms with Crippen molar-refractivity contribution in [1.29, 1.82) is 0 Å². The maximum Gasteiger partial charge on any atom is 0.254 e. The van der Waals surface area contributed by atoms with Gasteiger partial charge in [-0.3, -0.25) is 4.79 Å². The van der Waals surface area contributed by atoms with Gasteiger partial charge in [0.2, 0.25) is 0 Å². The van der Waals surface area contributed by atoms with Crippen molar-refractivity contribution in [2.45, 2.75) is 33.7 Å². The van der Waals surface area contributed by atoms with E-state index in [1.54, 1.807) is 0 Å². The molecule has 0 heterocycles. The third-order valence-electron chi connectivity index (χ3n) is 3.82. The molecule has 0 aliphatic rings. The van der Waals surface area contributed by atoms with Crippen LogP contribution in [0.1, 0.15) is 42.3 Å². The number of aryl methyl sites for hydroxylation is 1. The maximum absolute atomic E-state index is 12.8. The van der Waals surface area contributed by atoms with Crippen molar-refractivity contribution in [1.82, 2.24) is 4.90 Å². The molecule has 2 heteroatoms. The van der Waals surface area contributed by atoms with Gasteiger partial charge in [-0.05, 0) is 45.4 Å². The summed E-state index contributed by atoms with van der Waals surface area (Å²) in [4.78, 5) is 14.7. The summed E-state index contributed by atoms with van der Waals surface area (Å²) >= 11 is 0. The monoisotopic (exact) mass is 307 g/mol. The van der Waals surface area contributed by atoms with Crippen LogP contribution in [0, 0.1) is 6.92 Å². The third kappa shape index (κ3) is 4.82. The Kier molecular flexibility index (Phi) is 5.75. The van der Waals surface area contributed by atoms with E-state index in [4.69, 9.17) is 0 Å². The zero-order valence-corrected chi connectivity index (χ0v) is 14.4. The van der Waals surface area contributed by atoms with Gasteiger partial charge in [0.05, 0.1) is 0 Å². The van der Waals surface area contributed by atoms with Crippen molar-refractivity contribution in [3.63, 3.8) is 0 Å². The molecule has 0 unspecified atom stereocenters. The number of rotatable bonds is 5. The summed E-state index contributed by atoms with van der Waals surface area (Å²) in [5.41, 5.74) is 4.25. The van der Waals surface area contributed by atoms with Crippen LogP contribution in [0.4, 0.5) is 0 Å². The van der Waals surface area contributed by atoms with Gasteiger partial charge in [0.15, 0.2) is 0 Å². The highest BCUT2D eigenvalue weighted by atomic mass is 16.2. The predicted molar refractivity (Wildman–Crippen MR) is 97.4 cm³/mol. The minimum atomic E-state index is 0.0841. The Bertz CT molecular complexity index is 669. The lowest BCUT2D eigenvalue weighted by Crippen LogP contribution is -2.38. The third-order valence-corrected chi connectivity index (χ3v) is 3.82. The van der Waals surface area contributed by atoms with Crippen LogP contribution in [0.15, 0.2) is 60.2 Å². The molecule has 0 aliphatic carbocycles. The quantitative estimate of drug-likeness (QED) is 0.765. The lowest BCUT2D eigenvalue weighted by atomic mass is 10.1. The lowest BCUT2D eigenvalue weighted by Gasteiger charge is -2.27. The number of hydrogen-bond donors (Lipinski definition) is 0. The second-order valence-corrected chi connectivity index (χ2v) is 6.29. The Morgan fingerprint density at radius 2 is 1.65 bits per heavy atom. The second-order valence-electron chi connectivity index (χ2n) is 6.29. The molecular weight excluding hydrogens is 282 g/mol. The number of hydrogen-bond acceptors (Lipinski definition) is 1. The number of carbonyl (C=O) groups is 1. The summed E-state index contributed by atoms with van der Waals surface area (Å²) in [7, 11) is 0. The van der Waals surface area contributed by atoms with E-state index in [0.29, 0.717) is 6.54 Å². The normalized spacial score (nSPS) is 11.6. The second kappa shape index (κ2) is 7.77. The molecule has 0 radical (unpaired) electrons. The molecule has 2 rings (SSSR count). The fourth-order valence-electron chi connectivity index (χ4n) is 2.50. The minimum absolute atomic E-state index is 0.0841. The molecule has 2 aromatic rings. The van der Waals surface area contributed by atoms with Crippen molar-refractivity contribution in [3.05, 3.63) is 76.9 Å². The average molecular weight is 307 g/mol. The van der Waals surface area contributed by atoms with Crippen molar-refractivity contribution in [3.8, 4) is 0 Å². The first kappa shape index (κ1) is 17.0. The number of benzene rings is 2. The molecule has 0 saturated heterocycles. The van der Waals surface area contributed by atoms with E-state index in [1.165, 1.54) is 5.57 Å². The Morgan fingerprint density at radius 3 is 2.22 bits per heavy atom. The Hall–Kier alpha value is -2.35. The van der Waals surface area contributed by atoms with Gasteiger partial charge in [-0.2, -0.15) is 0 Å². The standard InChI is InChI=1S/C21H25NO/c1-16(2)22(21(23)20-12-10-17(3)11-13-20)15-18(4)14-19-8-6-5-7-9-19/h5-14,16H,15H2,1-4H3/b18-14+. The van der Waals surface area contributed by atoms with E-state index < -0.39 is 0 Å². The topological polar surface area (TPSA) is 20.3 Å². The number of amides is 1. The Labute approximate surface area is 139 Å². The van der Waals surface area contributed by atoms with Gasteiger partial charge in [0, 0.05) is 18.2 Å². The molecule has 0 bridgehead atoms. The van der Waals surface area contributed by atoms with Gasteiger partial charge in [-0.25, -0.2) is 0 Å². The van der Waals surface area contributed by atoms with Gasteiger partial charge < -0.3 is 4.90 Å². The Balaban J connectivity index is 2.17. The first-order valence-corrected chi connectivity index (χ1v) is 8.07. The predicted octanol–water partition coefficient (Wildman–Crippen LogP) is 4.95. The molecule has 0 fully saturated rings. The van der Waals surface area contributed by atoms with Crippen LogP contribution in [0.25, 0.3) is 6.08 Å². The molecule has 0 saturated carbocycles. The van der Waals surface area contributed by atoms with Gasteiger partial charge >= 0.3 is 0 Å². The summed E-state index contributed by atoms with van der Waals surface area (Å²) in [5, 5.41) is 0. The molecular formula is C21H25NO. The summed E-state index contributed by atoms with van der Waals surface area (Å²) in [6, 6.07) is 18.1. The van der Waals surface area contributed by atoms with E-state index in [2.05, 4.69) is 39.0 Å². The highest BCUT2D eigenvalue weighted by Crippen LogP contribution is 2.14. The molecule has 2 aromatic carbocycles. The molecule has 0 N–H and O–H groups in total. The van der Waals surface area contributed by atoms with E-state index >= 15 is 0 Å². The highest BCUT2D eigenvalue weighted by molar-refractivity contribution is 5.94. The number of nitrogens with zero attached hydrogens (tertiary/aromatic N) is 1. The van der Waals surface area contributed by atoms with Crippen LogP contribution in [-0.2, 0) is 0 Å². The maximum atomic E-state index is 12.8. The Morgan fingerprint density at radius 1 is 1.04 bits per heavy atom. The van der Waals surface area contributed by atoms with E-state index in [0.717, 1.165) is 16.7 Å². The van der Waals surface area contributed by atoms with Crippen molar-refractivity contribution in [2.75, 3.05) is 6.54 Å². The molecule has 120 valence electrons. The molecule has 0 atom stereocenters. The van der Waals surface area contributed by atoms with Gasteiger partial charge in [0.25, 0.3) is 5.91 Å². The smallest absolute Gasteiger partial charge is 0.254 e. The van der Waals surface area contributed by atoms with Crippen LogP contribution in [0.5, 0.6) is 0 Å². The van der Waals surface area contributed by atoms with Crippen molar-refractivity contribution >= 4 is 12.0 Å². The largest absolute Gasteiger partial charge is 0.332 e. The van der Waals surface area contributed by atoms with Crippen molar-refractivity contribution in [2.24, 2.45) is 0 Å². The molecule has 1 amide bonds. The molecule has 23 heavy (non-hydrogen) atoms. The zero-order chi connectivity index (χ0) is 16.8. The molecule has 0 spiro atoms. The van der Waals surface area contributed by atoms with Crippen LogP contribution in [0.3, 0.4) is 0 Å². The van der Waals surface area contributed by atoms with Gasteiger partial charge in [-0.1, -0.05) is 59.7 Å². The van der Waals surface area contributed by atoms with Crippen LogP contribution in [0.2, 0.25) is 0 Å². The average Bonchev–Trinajstić information content (AvgIpc) is 2.53. The van der Waals surface area contributed by atoms with Gasteiger partial charge in [0.1, 0.15) is 0 Å². The minimum Gasteiger partial charge on any atom is -0.332 e. The SMILES string of the molecule is C/C(=C\c1ccccc1)CN(C(=O)c1ccc(C)cc1)C(C)C. The van der Waals surface area contributed by atoms with E-state index in [1.807, 2.05) is 54.3 Å². The summed E-state index contributed by atoms with van der Waals surface area (Å²) in [6.45, 7) is 8.86. The fraction of sp³-hybridized carbons (Fsp3) is 0.286. The van der Waals surface area contributed by atoms with Crippen LogP contribution >= 0.6 is 0 Å². The van der Waals surface area contributed by atoms with Crippen LogP contribution < -0.4 is 0 Å². The zero-order valence-electron chi connectivity index (χ0n) is 14.4. The molecule has 0 aromatic heterocycles. The molecule has 2 nitrogen and oxygen atoms in total. The fourth-order valence-corrected chi connectivity index (χ4v) is 2.50. The first-order valence-electron chi connectivity index (χ1n) is 8.07. The lowest BCUT2D eigenvalue weighted by molar-refractivity contribution is 0.0724.